The molecule has 0 bridgehead atoms. The minimum absolute atomic E-state index is 0.0123. The number of halogens is 7. The van der Waals surface area contributed by atoms with E-state index in [2.05, 4.69) is 21.2 Å². The number of nitrogens with zero attached hydrogens (tertiary/aromatic N) is 2. The van der Waals surface area contributed by atoms with Crippen LogP contribution in [0.2, 0.25) is 0 Å². The van der Waals surface area contributed by atoms with Crippen LogP contribution >= 0.6 is 19.8 Å². The zero-order chi connectivity index (χ0) is 25.6. The summed E-state index contributed by atoms with van der Waals surface area (Å²) < 4.78 is 100. The number of rotatable bonds is 6. The van der Waals surface area contributed by atoms with Gasteiger partial charge in [0.25, 0.3) is 0 Å². The van der Waals surface area contributed by atoms with E-state index in [4.69, 9.17) is 15.0 Å². The molecule has 0 saturated carbocycles. The van der Waals surface area contributed by atoms with Gasteiger partial charge in [0, 0.05) is 17.3 Å². The van der Waals surface area contributed by atoms with Crippen molar-refractivity contribution in [3.8, 4) is 17.0 Å². The Labute approximate surface area is 190 Å². The molecular weight excluding hydrogens is 511 g/mol. The monoisotopic (exact) mass is 529 g/mol. The Morgan fingerprint density at radius 2 is 1.74 bits per heavy atom. The lowest BCUT2D eigenvalue weighted by atomic mass is 10.1. The lowest BCUT2D eigenvalue weighted by Gasteiger charge is -2.40. The van der Waals surface area contributed by atoms with Crippen LogP contribution in [0.15, 0.2) is 47.5 Å². The summed E-state index contributed by atoms with van der Waals surface area (Å²) in [6.45, 7) is 0. The average Bonchev–Trinajstić information content (AvgIpc) is 2.66. The first kappa shape index (κ1) is 25.6. The highest BCUT2D eigenvalue weighted by molar-refractivity contribution is 8.45. The Hall–Kier alpha value is -3.01. The van der Waals surface area contributed by atoms with Gasteiger partial charge in [-0.05, 0) is 41.3 Å². The number of hydrogen-bond donors (Lipinski definition) is 3. The van der Waals surface area contributed by atoms with E-state index < -0.39 is 48.0 Å². The number of aromatic nitrogens is 2. The fourth-order valence-electron chi connectivity index (χ4n) is 2.84. The van der Waals surface area contributed by atoms with Gasteiger partial charge in [-0.2, -0.15) is 0 Å². The average molecular weight is 530 g/mol. The molecule has 2 aromatic carbocycles. The van der Waals surface area contributed by atoms with E-state index in [-0.39, 0.29) is 34.7 Å². The maximum absolute atomic E-state index is 14.4. The Balaban J connectivity index is 2.14. The molecule has 0 radical (unpaired) electrons. The first-order valence-corrected chi connectivity index (χ1v) is 12.9. The summed E-state index contributed by atoms with van der Waals surface area (Å²) in [6.07, 6.45) is 0.694. The molecule has 0 aliphatic carbocycles. The van der Waals surface area contributed by atoms with Gasteiger partial charge < -0.3 is 10.1 Å². The van der Waals surface area contributed by atoms with Gasteiger partial charge >= 0.3 is 10.2 Å². The molecule has 6 nitrogen and oxygen atoms in total. The molecule has 186 valence electrons. The van der Waals surface area contributed by atoms with Crippen molar-refractivity contribution in [2.45, 2.75) is 4.90 Å². The second-order valence-electron chi connectivity index (χ2n) is 7.15. The molecule has 0 aliphatic rings. The van der Waals surface area contributed by atoms with Crippen molar-refractivity contribution in [2.24, 2.45) is 10.3 Å². The van der Waals surface area contributed by atoms with Gasteiger partial charge in [-0.1, -0.05) is 25.3 Å². The van der Waals surface area contributed by atoms with E-state index >= 15 is 0 Å². The lowest BCUT2D eigenvalue weighted by Crippen LogP contribution is -2.10. The van der Waals surface area contributed by atoms with Crippen molar-refractivity contribution in [2.75, 3.05) is 12.4 Å². The largest absolute Gasteiger partial charge is 0.496 e. The van der Waals surface area contributed by atoms with Gasteiger partial charge in [0.15, 0.2) is 5.82 Å². The quantitative estimate of drug-likeness (QED) is 0.269. The van der Waals surface area contributed by atoms with E-state index in [1.165, 1.54) is 13.2 Å². The second kappa shape index (κ2) is 7.76. The van der Waals surface area contributed by atoms with Crippen molar-refractivity contribution >= 4 is 42.7 Å². The highest BCUT2D eigenvalue weighted by atomic mass is 32.5. The predicted octanol–water partition coefficient (Wildman–Crippen LogP) is 5.97. The Morgan fingerprint density at radius 3 is 2.32 bits per heavy atom. The van der Waals surface area contributed by atoms with Crippen molar-refractivity contribution in [3.63, 3.8) is 0 Å². The molecule has 0 fully saturated rings. The minimum atomic E-state index is -10.1. The molecule has 0 aliphatic heterocycles. The summed E-state index contributed by atoms with van der Waals surface area (Å²) >= 11 is 0. The Morgan fingerprint density at radius 1 is 1.06 bits per heavy atom. The van der Waals surface area contributed by atoms with Crippen LogP contribution in [-0.2, 0) is 0 Å². The van der Waals surface area contributed by atoms with Gasteiger partial charge in [0.2, 0.25) is 5.95 Å². The Kier molecular flexibility index (Phi) is 5.85. The van der Waals surface area contributed by atoms with Gasteiger partial charge in [0.1, 0.15) is 22.2 Å². The summed E-state index contributed by atoms with van der Waals surface area (Å²) in [4.78, 5) is 5.29. The molecule has 15 heteroatoms. The molecule has 0 atom stereocenters. The van der Waals surface area contributed by atoms with Gasteiger partial charge in [0.05, 0.1) is 13.3 Å². The molecule has 0 spiro atoms. The number of nitrogens with one attached hydrogen (secondary N) is 1. The smallest absolute Gasteiger partial charge is 0.310 e. The molecular formula is C19H18F7N5OS2. The van der Waals surface area contributed by atoms with Crippen molar-refractivity contribution in [1.29, 1.82) is 0 Å². The molecule has 3 rings (SSSR count). The van der Waals surface area contributed by atoms with E-state index in [1.807, 2.05) is 0 Å². The zero-order valence-electron chi connectivity index (χ0n) is 17.2. The van der Waals surface area contributed by atoms with E-state index in [1.54, 1.807) is 0 Å². The van der Waals surface area contributed by atoms with Crippen LogP contribution in [0.3, 0.4) is 0 Å². The van der Waals surface area contributed by atoms with Crippen LogP contribution in [0.25, 0.3) is 11.3 Å². The van der Waals surface area contributed by atoms with Crippen LogP contribution < -0.4 is 20.3 Å². The third kappa shape index (κ3) is 6.31. The highest BCUT2D eigenvalue weighted by Crippen LogP contribution is 3.02. The molecule has 34 heavy (non-hydrogen) atoms. The number of benzene rings is 2. The maximum atomic E-state index is 14.4. The summed E-state index contributed by atoms with van der Waals surface area (Å²) in [6, 6.07) is 4.53. The zero-order valence-corrected chi connectivity index (χ0v) is 18.9. The fourth-order valence-corrected chi connectivity index (χ4v) is 4.20. The molecule has 0 unspecified atom stereocenters. The third-order valence-corrected chi connectivity index (χ3v) is 5.99. The fraction of sp³-hybridized carbons (Fsp3) is 0.0526. The number of nitrogens with two attached hydrogens (primary N) is 2. The number of anilines is 2. The number of hydrogen-bond acceptors (Lipinski definition) is 6. The van der Waals surface area contributed by atoms with Crippen LogP contribution in [0, 0.1) is 11.6 Å². The van der Waals surface area contributed by atoms with Crippen molar-refractivity contribution in [3.05, 3.63) is 59.8 Å². The highest BCUT2D eigenvalue weighted by Gasteiger charge is 2.65. The summed E-state index contributed by atoms with van der Waals surface area (Å²) in [5.74, 6) is 1.23. The third-order valence-electron chi connectivity index (χ3n) is 4.15. The van der Waals surface area contributed by atoms with Crippen LogP contribution in [0.5, 0.6) is 5.75 Å². The van der Waals surface area contributed by atoms with Gasteiger partial charge in [-0.3, -0.25) is 10.3 Å². The summed E-state index contributed by atoms with van der Waals surface area (Å²) in [5.41, 5.74) is -1.26. The van der Waals surface area contributed by atoms with Crippen molar-refractivity contribution < 1.29 is 32.9 Å². The maximum Gasteiger partial charge on any atom is 0.310 e. The molecule has 0 amide bonds. The van der Waals surface area contributed by atoms with E-state index in [0.29, 0.717) is 6.20 Å². The van der Waals surface area contributed by atoms with E-state index in [0.717, 1.165) is 23.6 Å². The standard InChI is InChI=1S/C19H18F7N5OS2/c1-32-17-7-12(20)3-4-15(17)18-16(21)9-29-19(31-18)30-13-5-11(10-33(2,27)28)6-14(8-13)34(22,23,24,25)26/h3-10H,2,27-28H2,1H3,(H,29,30,31). The molecule has 1 aromatic heterocycles. The SMILES string of the molecule is C=S(N)(N)=Cc1cc(Nc2ncc(F)c(-c3ccc(F)cc3OC)n2)cc(S(F)(F)(F)(F)F)c1. The molecule has 5 N–H and O–H groups in total. The molecule has 1 heterocycles. The van der Waals surface area contributed by atoms with Crippen LogP contribution in [-0.4, -0.2) is 28.3 Å². The van der Waals surface area contributed by atoms with Gasteiger partial charge in [-0.15, -0.1) is 9.58 Å². The van der Waals surface area contributed by atoms with Crippen molar-refractivity contribution in [1.82, 2.24) is 9.97 Å². The summed E-state index contributed by atoms with van der Waals surface area (Å²) in [5, 5.41) is 14.3. The topological polar surface area (TPSA) is 99.1 Å². The summed E-state index contributed by atoms with van der Waals surface area (Å²) in [7, 11) is -11.7. The lowest BCUT2D eigenvalue weighted by molar-refractivity contribution is 0.364. The first-order valence-electron chi connectivity index (χ1n) is 8.94. The molecule has 0 saturated heterocycles. The predicted molar refractivity (Wildman–Crippen MR) is 123 cm³/mol. The first-order chi connectivity index (χ1) is 15.3. The van der Waals surface area contributed by atoms with Gasteiger partial charge in [-0.25, -0.2) is 18.7 Å². The van der Waals surface area contributed by atoms with Crippen LogP contribution in [0.1, 0.15) is 5.56 Å². The van der Waals surface area contributed by atoms with Crippen LogP contribution in [0.4, 0.5) is 39.8 Å². The normalized spacial score (nSPS) is 14.2. The minimum Gasteiger partial charge on any atom is -0.496 e. The molecule has 3 aromatic rings. The Bertz CT molecular complexity index is 1400. The number of ether oxygens (including phenoxy) is 1. The van der Waals surface area contributed by atoms with E-state index in [9.17, 15) is 28.2 Å². The second-order valence-corrected chi connectivity index (χ2v) is 11.6. The number of methoxy groups -OCH3 is 1.